The molecule has 2 aromatic carbocycles. The van der Waals surface area contributed by atoms with E-state index < -0.39 is 6.51 Å². The Hall–Kier alpha value is -0.181. The topological polar surface area (TPSA) is 0 Å². The molecule has 0 N–H and O–H groups in total. The van der Waals surface area contributed by atoms with Gasteiger partial charge in [0.25, 0.3) is 0 Å². The zero-order chi connectivity index (χ0) is 30.6. The van der Waals surface area contributed by atoms with Gasteiger partial charge in [-0.1, -0.05) is 0 Å². The van der Waals surface area contributed by atoms with Crippen LogP contribution in [-0.2, 0) is 15.1 Å². The quantitative estimate of drug-likeness (QED) is 0.215. The van der Waals surface area contributed by atoms with Crippen LogP contribution in [0.5, 0.6) is 0 Å². The number of fused-ring (bicyclic) bond motifs is 10. The first-order valence-electron chi connectivity index (χ1n) is 17.5. The first kappa shape index (κ1) is 25.9. The molecule has 2 aromatic rings. The molecule has 10 heterocycles. The Morgan fingerprint density at radius 3 is 1.28 bits per heavy atom. The summed E-state index contributed by atoms with van der Waals surface area (Å²) in [6, 6.07) is 25.2. The Labute approximate surface area is 255 Å². The number of benzene rings is 2. The summed E-state index contributed by atoms with van der Waals surface area (Å²) < 4.78 is 2.65. The van der Waals surface area contributed by atoms with Gasteiger partial charge in [0.15, 0.2) is 0 Å². The normalized spacial score (nSPS) is 61.3. The molecule has 10 aliphatic heterocycles. The first-order valence-corrected chi connectivity index (χ1v) is 26.6. The second-order valence-corrected chi connectivity index (χ2v) is 53.3. The molecule has 1 spiro atoms. The Kier molecular flexibility index (Phi) is 2.30. The molecular weight excluding hydrogens is 598 g/mol. The van der Waals surface area contributed by atoms with E-state index in [4.69, 9.17) is 0 Å². The fourth-order valence-corrected chi connectivity index (χ4v) is 120. The molecule has 43 heavy (non-hydrogen) atoms. The molecule has 5 atom stereocenters. The Morgan fingerprint density at radius 1 is 0.535 bits per heavy atom. The van der Waals surface area contributed by atoms with Crippen molar-refractivity contribution in [1.29, 1.82) is 0 Å². The summed E-state index contributed by atoms with van der Waals surface area (Å²) in [4.78, 5) is 7.28. The van der Waals surface area contributed by atoms with Crippen LogP contribution in [0.2, 0.25) is 37.5 Å². The summed E-state index contributed by atoms with van der Waals surface area (Å²) in [5.74, 6) is 0. The summed E-state index contributed by atoms with van der Waals surface area (Å²) in [6.45, 7) is 27.3. The van der Waals surface area contributed by atoms with Crippen LogP contribution in [0, 0.1) is 0 Å². The molecule has 10 aliphatic rings. The molecule has 0 radical (unpaired) electrons. The van der Waals surface area contributed by atoms with Crippen LogP contribution in [0.25, 0.3) is 0 Å². The number of hydrogen-bond acceptors (Lipinski definition) is 0. The van der Waals surface area contributed by atoms with Gasteiger partial charge in [0.1, 0.15) is 0 Å². The van der Waals surface area contributed by atoms with Crippen molar-refractivity contribution in [2.45, 2.75) is 150 Å². The Morgan fingerprint density at radius 2 is 0.907 bits per heavy atom. The third-order valence-corrected chi connectivity index (χ3v) is 75.7. The van der Waals surface area contributed by atoms with E-state index in [9.17, 15) is 0 Å². The molecule has 0 saturated carbocycles. The van der Waals surface area contributed by atoms with Crippen LogP contribution in [0.3, 0.4) is 0 Å². The van der Waals surface area contributed by atoms with Crippen molar-refractivity contribution < 1.29 is 6.51 Å². The van der Waals surface area contributed by atoms with Crippen LogP contribution in [-0.4, -0.2) is 32.9 Å². The van der Waals surface area contributed by atoms with Crippen LogP contribution in [0.4, 0.5) is 0 Å². The fraction of sp³-hybridized carbons (Fsp3) is 0.700. The standard InChI is InChI=1S/C35H51P2.C5H5.Fe/c1-32(2,3)36(33(4,5)6)24-28-23-29(26-19-15-13-16-20-26)31(27-21-17-14-18-22-27)30(28)25-37(34(7,8)9)35(10,11)12;1-2-4-5-3-1;/h13-23H,24-25H2,1-12H3;1-5H;. The monoisotopic (exact) mass is 654 g/mol. The zero-order valence-electron chi connectivity index (χ0n) is 28.9. The van der Waals surface area contributed by atoms with Crippen LogP contribution < -0.4 is 0 Å². The third-order valence-electron chi connectivity index (χ3n) is 22.2. The van der Waals surface area contributed by atoms with Crippen molar-refractivity contribution in [3.63, 3.8) is 0 Å². The third kappa shape index (κ3) is 0.661. The SMILES string of the molecule is CC(C)(C)P(C[C]12[CH]3[C]4(c5ccccc5)[C]5(c6ccccc6)[C]1(CP(C(C)(C)C)C(C)(C)C)[Fe]32451678[CH]2[CH]1[CH]6[CH]7[CH]28)C(C)(C)C. The van der Waals surface area contributed by atoms with Gasteiger partial charge in [-0.3, -0.25) is 0 Å². The van der Waals surface area contributed by atoms with Crippen molar-refractivity contribution in [2.75, 3.05) is 12.3 Å². The van der Waals surface area contributed by atoms with Crippen molar-refractivity contribution in [3.8, 4) is 0 Å². The number of hydrogen-bond donors (Lipinski definition) is 0. The van der Waals surface area contributed by atoms with Crippen molar-refractivity contribution in [1.82, 2.24) is 0 Å². The van der Waals surface area contributed by atoms with Gasteiger partial charge in [0, 0.05) is 0 Å². The molecule has 10 saturated heterocycles. The molecule has 5 unspecified atom stereocenters. The first-order chi connectivity index (χ1) is 19.6. The van der Waals surface area contributed by atoms with Crippen molar-refractivity contribution >= 4 is 15.8 Å². The van der Waals surface area contributed by atoms with Gasteiger partial charge in [-0.15, -0.1) is 0 Å². The summed E-state index contributed by atoms with van der Waals surface area (Å²) in [7, 11) is -0.235. The second-order valence-electron chi connectivity index (χ2n) is 22.8. The van der Waals surface area contributed by atoms with Gasteiger partial charge >= 0.3 is 256 Å². The molecule has 10 fully saturated rings. The zero-order valence-corrected chi connectivity index (χ0v) is 31.8. The Balaban J connectivity index is 1.23. The Bertz CT molecular complexity index is 2040. The van der Waals surface area contributed by atoms with Gasteiger partial charge in [-0.2, -0.15) is 0 Å². The van der Waals surface area contributed by atoms with Crippen molar-refractivity contribution in [3.05, 3.63) is 71.8 Å². The van der Waals surface area contributed by atoms with E-state index >= 15 is 0 Å². The van der Waals surface area contributed by atoms with Crippen LogP contribution in [0.15, 0.2) is 60.7 Å². The second kappa shape index (κ2) is 3.83. The summed E-state index contributed by atoms with van der Waals surface area (Å²) in [6.07, 6.45) is 3.27. The summed E-state index contributed by atoms with van der Waals surface area (Å²) >= 11 is 0. The molecule has 0 amide bonds. The molecule has 0 bridgehead atoms. The fourth-order valence-electron chi connectivity index (χ4n) is 25.6. The molecule has 3 heteroatoms. The maximum absolute atomic E-state index is 4.38. The van der Waals surface area contributed by atoms with Crippen LogP contribution in [0.1, 0.15) is 94.2 Å². The molecular formula is C40H56FeP2. The molecule has 0 nitrogen and oxygen atoms in total. The van der Waals surface area contributed by atoms with Gasteiger partial charge in [-0.05, 0) is 0 Å². The van der Waals surface area contributed by atoms with E-state index in [0.717, 1.165) is 9.13 Å². The van der Waals surface area contributed by atoms with Crippen molar-refractivity contribution in [2.24, 2.45) is 0 Å². The van der Waals surface area contributed by atoms with E-state index in [2.05, 4.69) is 144 Å². The summed E-state index contributed by atoms with van der Waals surface area (Å²) in [5.41, 5.74) is 3.74. The van der Waals surface area contributed by atoms with Gasteiger partial charge in [-0.25, -0.2) is 0 Å². The minimum atomic E-state index is -4.38. The molecule has 234 valence electrons. The van der Waals surface area contributed by atoms with E-state index in [1.54, 1.807) is 12.3 Å². The summed E-state index contributed by atoms with van der Waals surface area (Å²) in [5, 5.41) is 1.61. The van der Waals surface area contributed by atoms with Gasteiger partial charge in [0.2, 0.25) is 0 Å². The van der Waals surface area contributed by atoms with Crippen LogP contribution >= 0.6 is 15.8 Å². The number of rotatable bonds is 6. The predicted octanol–water partition coefficient (Wildman–Crippen LogP) is 12.5. The van der Waals surface area contributed by atoms with Gasteiger partial charge in [0.05, 0.1) is 0 Å². The van der Waals surface area contributed by atoms with E-state index in [-0.39, 0.29) is 15.8 Å². The predicted molar refractivity (Wildman–Crippen MR) is 187 cm³/mol. The molecule has 0 aliphatic carbocycles. The maximum atomic E-state index is 2.70. The molecule has 0 aromatic heterocycles. The van der Waals surface area contributed by atoms with Gasteiger partial charge < -0.3 is 0 Å². The molecule has 12 rings (SSSR count). The average Bonchev–Trinajstić information content (AvgIpc) is 3.84. The van der Waals surface area contributed by atoms with E-state index in [1.165, 1.54) is 24.1 Å². The average molecular weight is 655 g/mol. The van der Waals surface area contributed by atoms with E-state index in [0.29, 0.717) is 33.6 Å². The van der Waals surface area contributed by atoms with E-state index in [1.807, 2.05) is 11.1 Å². The minimum absolute atomic E-state index is 0.102.